The highest BCUT2D eigenvalue weighted by Crippen LogP contribution is 2.38. The minimum atomic E-state index is -4.84. The maximum atomic E-state index is 13.4. The van der Waals surface area contributed by atoms with E-state index in [0.717, 1.165) is 35.7 Å². The van der Waals surface area contributed by atoms with Crippen LogP contribution in [0, 0.1) is 6.57 Å². The Balaban J connectivity index is 2.35. The summed E-state index contributed by atoms with van der Waals surface area (Å²) in [5.41, 5.74) is -2.46. The van der Waals surface area contributed by atoms with Gasteiger partial charge in [0.15, 0.2) is 0 Å². The Morgan fingerprint density at radius 1 is 1.15 bits per heavy atom. The van der Waals surface area contributed by atoms with Crippen LogP contribution in [0.2, 0.25) is 5.02 Å². The van der Waals surface area contributed by atoms with Gasteiger partial charge in [-0.05, 0) is 37.8 Å². The highest BCUT2D eigenvalue weighted by atomic mass is 35.5. The van der Waals surface area contributed by atoms with E-state index in [-0.39, 0.29) is 16.3 Å². The number of halogens is 4. The van der Waals surface area contributed by atoms with Gasteiger partial charge < -0.3 is 0 Å². The summed E-state index contributed by atoms with van der Waals surface area (Å²) in [6.07, 6.45) is -0.639. The molecule has 0 spiro atoms. The lowest BCUT2D eigenvalue weighted by atomic mass is 9.99. The van der Waals surface area contributed by atoms with Gasteiger partial charge in [0, 0.05) is 16.3 Å². The fourth-order valence-corrected chi connectivity index (χ4v) is 3.31. The first kappa shape index (κ1) is 19.2. The standard InChI is InChI=1S/C19H15ClF3N3O/c1-24-17-14(19(21,22)23)11-16(13-9-5-6-10-15(13)20)26(18(17)27)25-12-7-3-2-4-8-12/h5-6,9-11H,2-4,7-8H2. The van der Waals surface area contributed by atoms with Gasteiger partial charge in [0.25, 0.3) is 11.2 Å². The van der Waals surface area contributed by atoms with Crippen LogP contribution in [-0.2, 0) is 6.18 Å². The normalized spacial score (nSPS) is 14.7. The Bertz CT molecular complexity index is 995. The molecule has 4 nitrogen and oxygen atoms in total. The molecule has 140 valence electrons. The first-order valence-electron chi connectivity index (χ1n) is 8.39. The van der Waals surface area contributed by atoms with Gasteiger partial charge in [-0.15, -0.1) is 0 Å². The van der Waals surface area contributed by atoms with Crippen LogP contribution in [-0.4, -0.2) is 10.4 Å². The highest BCUT2D eigenvalue weighted by Gasteiger charge is 2.36. The summed E-state index contributed by atoms with van der Waals surface area (Å²) in [6.45, 7) is 7.08. The van der Waals surface area contributed by atoms with Gasteiger partial charge in [0.05, 0.1) is 17.8 Å². The molecule has 0 aliphatic heterocycles. The molecular weight excluding hydrogens is 379 g/mol. The lowest BCUT2D eigenvalue weighted by Crippen LogP contribution is -2.24. The van der Waals surface area contributed by atoms with E-state index in [2.05, 4.69) is 9.95 Å². The second-order valence-electron chi connectivity index (χ2n) is 6.23. The van der Waals surface area contributed by atoms with Crippen LogP contribution >= 0.6 is 11.6 Å². The van der Waals surface area contributed by atoms with E-state index >= 15 is 0 Å². The number of benzene rings is 1. The van der Waals surface area contributed by atoms with E-state index in [1.54, 1.807) is 12.1 Å². The van der Waals surface area contributed by atoms with Crippen molar-refractivity contribution >= 4 is 23.0 Å². The van der Waals surface area contributed by atoms with Gasteiger partial charge in [0.2, 0.25) is 0 Å². The summed E-state index contributed by atoms with van der Waals surface area (Å²) in [5, 5.41) is 4.51. The maximum Gasteiger partial charge on any atom is 0.407 e. The predicted octanol–water partition coefficient (Wildman–Crippen LogP) is 5.91. The fourth-order valence-electron chi connectivity index (χ4n) is 3.08. The third kappa shape index (κ3) is 3.91. The van der Waals surface area contributed by atoms with Crippen LogP contribution in [0.25, 0.3) is 16.1 Å². The van der Waals surface area contributed by atoms with Gasteiger partial charge in [-0.2, -0.15) is 18.3 Å². The van der Waals surface area contributed by atoms with E-state index < -0.39 is 23.0 Å². The molecule has 1 saturated carbocycles. The van der Waals surface area contributed by atoms with Gasteiger partial charge in [-0.1, -0.05) is 36.2 Å². The third-order valence-electron chi connectivity index (χ3n) is 4.40. The number of hydrogen-bond acceptors (Lipinski definition) is 2. The van der Waals surface area contributed by atoms with Crippen LogP contribution in [0.4, 0.5) is 18.9 Å². The molecule has 1 aromatic carbocycles. The molecule has 1 heterocycles. The molecule has 2 aromatic rings. The third-order valence-corrected chi connectivity index (χ3v) is 4.73. The van der Waals surface area contributed by atoms with Crippen molar-refractivity contribution in [1.82, 2.24) is 4.68 Å². The Kier molecular flexibility index (Phi) is 5.38. The number of alkyl halides is 3. The lowest BCUT2D eigenvalue weighted by molar-refractivity contribution is -0.136. The van der Waals surface area contributed by atoms with Crippen molar-refractivity contribution in [3.8, 4) is 11.3 Å². The van der Waals surface area contributed by atoms with Crippen LogP contribution in [0.3, 0.4) is 0 Å². The molecule has 1 aliphatic rings. The zero-order valence-electron chi connectivity index (χ0n) is 14.2. The Morgan fingerprint density at radius 2 is 1.81 bits per heavy atom. The molecular formula is C19H15ClF3N3O. The molecule has 0 unspecified atom stereocenters. The molecule has 1 aliphatic carbocycles. The van der Waals surface area contributed by atoms with Gasteiger partial charge in [-0.3, -0.25) is 4.79 Å². The molecule has 0 amide bonds. The van der Waals surface area contributed by atoms with Crippen molar-refractivity contribution in [2.45, 2.75) is 38.3 Å². The van der Waals surface area contributed by atoms with E-state index in [4.69, 9.17) is 18.2 Å². The largest absolute Gasteiger partial charge is 0.407 e. The number of pyridine rings is 1. The smallest absolute Gasteiger partial charge is 0.281 e. The second-order valence-corrected chi connectivity index (χ2v) is 6.63. The first-order valence-corrected chi connectivity index (χ1v) is 8.77. The van der Waals surface area contributed by atoms with Crippen LogP contribution in [0.5, 0.6) is 0 Å². The van der Waals surface area contributed by atoms with Gasteiger partial charge in [0.1, 0.15) is 0 Å². The summed E-state index contributed by atoms with van der Waals surface area (Å²) >= 11 is 6.16. The zero-order valence-corrected chi connectivity index (χ0v) is 14.9. The van der Waals surface area contributed by atoms with Crippen molar-refractivity contribution < 1.29 is 13.2 Å². The van der Waals surface area contributed by atoms with Crippen LogP contribution in [0.1, 0.15) is 37.7 Å². The Labute approximate surface area is 158 Å². The lowest BCUT2D eigenvalue weighted by Gasteiger charge is -2.18. The molecule has 3 rings (SSSR count). The summed E-state index contributed by atoms with van der Waals surface area (Å²) in [5.74, 6) is 0. The summed E-state index contributed by atoms with van der Waals surface area (Å²) < 4.78 is 41.2. The molecule has 0 atom stereocenters. The highest BCUT2D eigenvalue weighted by molar-refractivity contribution is 6.33. The summed E-state index contributed by atoms with van der Waals surface area (Å²) in [4.78, 5) is 15.6. The molecule has 0 bridgehead atoms. The van der Waals surface area contributed by atoms with Crippen LogP contribution in [0.15, 0.2) is 40.2 Å². The van der Waals surface area contributed by atoms with Gasteiger partial charge >= 0.3 is 6.18 Å². The van der Waals surface area contributed by atoms with E-state index in [1.165, 1.54) is 12.1 Å². The average Bonchev–Trinajstić information content (AvgIpc) is 2.63. The quantitative estimate of drug-likeness (QED) is 0.585. The van der Waals surface area contributed by atoms with Crippen molar-refractivity contribution in [3.63, 3.8) is 0 Å². The number of aromatic nitrogens is 1. The van der Waals surface area contributed by atoms with Crippen molar-refractivity contribution in [2.75, 3.05) is 0 Å². The molecule has 0 radical (unpaired) electrons. The first-order chi connectivity index (χ1) is 12.8. The maximum absolute atomic E-state index is 13.4. The summed E-state index contributed by atoms with van der Waals surface area (Å²) in [7, 11) is 0. The van der Waals surface area contributed by atoms with Crippen molar-refractivity contribution in [2.24, 2.45) is 5.10 Å². The monoisotopic (exact) mass is 393 g/mol. The fraction of sp³-hybridized carbons (Fsp3) is 0.316. The van der Waals surface area contributed by atoms with Gasteiger partial charge in [-0.25, -0.2) is 9.52 Å². The minimum absolute atomic E-state index is 0.0802. The van der Waals surface area contributed by atoms with Crippen LogP contribution < -0.4 is 5.56 Å². The average molecular weight is 394 g/mol. The topological polar surface area (TPSA) is 38.7 Å². The molecule has 8 heteroatoms. The number of rotatable bonds is 2. The van der Waals surface area contributed by atoms with E-state index in [1.807, 2.05) is 0 Å². The molecule has 0 saturated heterocycles. The molecule has 0 N–H and O–H groups in total. The van der Waals surface area contributed by atoms with Crippen molar-refractivity contribution in [3.05, 3.63) is 62.7 Å². The molecule has 27 heavy (non-hydrogen) atoms. The SMILES string of the molecule is [C-]#[N+]c1c(C(F)(F)F)cc(-c2ccccc2Cl)n(N=C2CCCCC2)c1=O. The minimum Gasteiger partial charge on any atom is -0.281 e. The second kappa shape index (κ2) is 7.57. The van der Waals surface area contributed by atoms with E-state index in [9.17, 15) is 18.0 Å². The Morgan fingerprint density at radius 3 is 2.41 bits per heavy atom. The number of hydrogen-bond donors (Lipinski definition) is 0. The van der Waals surface area contributed by atoms with E-state index in [0.29, 0.717) is 12.8 Å². The molecule has 1 aromatic heterocycles. The Hall–Kier alpha value is -2.59. The van der Waals surface area contributed by atoms with Crippen molar-refractivity contribution in [1.29, 1.82) is 0 Å². The summed E-state index contributed by atoms with van der Waals surface area (Å²) in [6, 6.07) is 7.07. The predicted molar refractivity (Wildman–Crippen MR) is 98.3 cm³/mol. The zero-order chi connectivity index (χ0) is 19.6. The number of nitrogens with zero attached hydrogens (tertiary/aromatic N) is 3. The molecule has 1 fully saturated rings.